The zero-order valence-corrected chi connectivity index (χ0v) is 16.7. The molecule has 0 bridgehead atoms. The van der Waals surface area contributed by atoms with Crippen molar-refractivity contribution in [3.05, 3.63) is 78.1 Å². The molecule has 0 saturated carbocycles. The maximum atomic E-state index is 12.1. The van der Waals surface area contributed by atoms with Gasteiger partial charge in [0, 0.05) is 35.6 Å². The minimum Gasteiger partial charge on any atom is -0.497 e. The highest BCUT2D eigenvalue weighted by molar-refractivity contribution is 7.16. The van der Waals surface area contributed by atoms with Gasteiger partial charge >= 0.3 is 6.03 Å². The molecule has 0 radical (unpaired) electrons. The van der Waals surface area contributed by atoms with Gasteiger partial charge in [0.25, 0.3) is 0 Å². The molecule has 3 rings (SSSR count). The van der Waals surface area contributed by atoms with E-state index in [1.54, 1.807) is 36.7 Å². The van der Waals surface area contributed by atoms with Gasteiger partial charge in [-0.2, -0.15) is 0 Å². The van der Waals surface area contributed by atoms with Crippen molar-refractivity contribution in [2.75, 3.05) is 19.0 Å². The SMILES string of the molecule is C=C/C(=C\C(=C)c1cn2cc(C)sc2n1)CNC(=O)Nc1cccc(OC)c1. The minimum absolute atomic E-state index is 0.315. The number of carbonyl (C=O) groups excluding carboxylic acids is 1. The first-order valence-electron chi connectivity index (χ1n) is 8.65. The lowest BCUT2D eigenvalue weighted by molar-refractivity contribution is 0.253. The number of allylic oxidation sites excluding steroid dienone is 2. The van der Waals surface area contributed by atoms with Crippen molar-refractivity contribution in [1.29, 1.82) is 0 Å². The number of benzene rings is 1. The summed E-state index contributed by atoms with van der Waals surface area (Å²) in [6.07, 6.45) is 7.55. The Bertz CT molecular complexity index is 1030. The molecular formula is C21H22N4O2S. The number of rotatable bonds is 7. The van der Waals surface area contributed by atoms with Crippen LogP contribution >= 0.6 is 11.3 Å². The van der Waals surface area contributed by atoms with E-state index in [2.05, 4.69) is 28.8 Å². The fourth-order valence-corrected chi connectivity index (χ4v) is 3.41. The number of hydrogen-bond acceptors (Lipinski definition) is 4. The van der Waals surface area contributed by atoms with Gasteiger partial charge in [0.15, 0.2) is 4.96 Å². The molecule has 3 aromatic rings. The van der Waals surface area contributed by atoms with Crippen molar-refractivity contribution < 1.29 is 9.53 Å². The number of anilines is 1. The minimum atomic E-state index is -0.315. The highest BCUT2D eigenvalue weighted by Gasteiger charge is 2.08. The standard InChI is InChI=1S/C21H22N4O2S/c1-5-16(9-14(2)19-13-25-12-15(3)28-21(25)24-19)11-22-20(26)23-17-7-6-8-18(10-17)27-4/h5-10,12-13H,1-2,11H2,3-4H3,(H2,22,23,26)/b16-9+. The molecular weight excluding hydrogens is 372 g/mol. The molecule has 2 N–H and O–H groups in total. The summed E-state index contributed by atoms with van der Waals surface area (Å²) in [4.78, 5) is 18.9. The van der Waals surface area contributed by atoms with E-state index in [0.717, 1.165) is 21.8 Å². The number of amides is 2. The molecule has 2 aromatic heterocycles. The van der Waals surface area contributed by atoms with Crippen LogP contribution in [0.1, 0.15) is 10.6 Å². The summed E-state index contributed by atoms with van der Waals surface area (Å²) in [7, 11) is 1.58. The van der Waals surface area contributed by atoms with E-state index in [-0.39, 0.29) is 6.03 Å². The van der Waals surface area contributed by atoms with Gasteiger partial charge in [0.05, 0.1) is 12.8 Å². The van der Waals surface area contributed by atoms with Crippen LogP contribution in [0.25, 0.3) is 10.5 Å². The van der Waals surface area contributed by atoms with Gasteiger partial charge in [-0.15, -0.1) is 11.3 Å². The van der Waals surface area contributed by atoms with Gasteiger partial charge in [-0.05, 0) is 36.3 Å². The third-order valence-electron chi connectivity index (χ3n) is 4.00. The Morgan fingerprint density at radius 3 is 2.93 bits per heavy atom. The van der Waals surface area contributed by atoms with Gasteiger partial charge < -0.3 is 15.4 Å². The van der Waals surface area contributed by atoms with Crippen LogP contribution < -0.4 is 15.4 Å². The summed E-state index contributed by atoms with van der Waals surface area (Å²) in [6.45, 7) is 10.3. The molecule has 28 heavy (non-hydrogen) atoms. The van der Waals surface area contributed by atoms with Crippen LogP contribution in [0.2, 0.25) is 0 Å². The Kier molecular flexibility index (Phi) is 5.96. The quantitative estimate of drug-likeness (QED) is 0.573. The van der Waals surface area contributed by atoms with E-state index >= 15 is 0 Å². The van der Waals surface area contributed by atoms with Crippen molar-refractivity contribution in [3.63, 3.8) is 0 Å². The molecule has 0 aliphatic carbocycles. The van der Waals surface area contributed by atoms with E-state index in [0.29, 0.717) is 18.0 Å². The van der Waals surface area contributed by atoms with E-state index in [1.807, 2.05) is 41.9 Å². The predicted octanol–water partition coefficient (Wildman–Crippen LogP) is 4.66. The molecule has 0 fully saturated rings. The van der Waals surface area contributed by atoms with Gasteiger partial charge in [-0.1, -0.05) is 25.3 Å². The Morgan fingerprint density at radius 1 is 1.39 bits per heavy atom. The Balaban J connectivity index is 1.60. The maximum absolute atomic E-state index is 12.1. The zero-order valence-electron chi connectivity index (χ0n) is 15.9. The number of ether oxygens (including phenoxy) is 1. The second kappa shape index (κ2) is 8.58. The molecule has 0 spiro atoms. The van der Waals surface area contributed by atoms with Crippen molar-refractivity contribution >= 4 is 33.6 Å². The van der Waals surface area contributed by atoms with Crippen LogP contribution in [0.5, 0.6) is 5.75 Å². The summed E-state index contributed by atoms with van der Waals surface area (Å²) >= 11 is 1.63. The molecule has 1 aromatic carbocycles. The second-order valence-corrected chi connectivity index (χ2v) is 7.36. The molecule has 6 nitrogen and oxygen atoms in total. The average molecular weight is 395 g/mol. The number of carbonyl (C=O) groups is 1. The average Bonchev–Trinajstić information content (AvgIpc) is 3.22. The molecule has 2 amide bonds. The lowest BCUT2D eigenvalue weighted by Crippen LogP contribution is -2.30. The normalized spacial score (nSPS) is 11.3. The molecule has 0 aliphatic rings. The van der Waals surface area contributed by atoms with Gasteiger partial charge in [0.2, 0.25) is 0 Å². The Hall–Kier alpha value is -3.32. The highest BCUT2D eigenvalue weighted by Crippen LogP contribution is 2.21. The van der Waals surface area contributed by atoms with Gasteiger partial charge in [-0.3, -0.25) is 4.40 Å². The molecule has 0 aliphatic heterocycles. The fraction of sp³-hybridized carbons (Fsp3) is 0.143. The van der Waals surface area contributed by atoms with Crippen LogP contribution in [0, 0.1) is 6.92 Å². The van der Waals surface area contributed by atoms with Crippen LogP contribution in [-0.4, -0.2) is 29.1 Å². The monoisotopic (exact) mass is 394 g/mol. The predicted molar refractivity (Wildman–Crippen MR) is 115 cm³/mol. The summed E-state index contributed by atoms with van der Waals surface area (Å²) < 4.78 is 7.14. The van der Waals surface area contributed by atoms with Crippen LogP contribution in [0.15, 0.2) is 67.5 Å². The van der Waals surface area contributed by atoms with Crippen molar-refractivity contribution in [2.45, 2.75) is 6.92 Å². The number of nitrogens with zero attached hydrogens (tertiary/aromatic N) is 2. The molecule has 0 saturated heterocycles. The highest BCUT2D eigenvalue weighted by atomic mass is 32.1. The lowest BCUT2D eigenvalue weighted by atomic mass is 10.1. The number of thiazole rings is 1. The first kappa shape index (κ1) is 19.4. The second-order valence-electron chi connectivity index (χ2n) is 6.15. The number of fused-ring (bicyclic) bond motifs is 1. The first-order chi connectivity index (χ1) is 13.5. The topological polar surface area (TPSA) is 67.7 Å². The van der Waals surface area contributed by atoms with Crippen molar-refractivity contribution in [3.8, 4) is 5.75 Å². The third-order valence-corrected chi connectivity index (χ3v) is 4.92. The number of hydrogen-bond donors (Lipinski definition) is 2. The number of aromatic nitrogens is 2. The fourth-order valence-electron chi connectivity index (χ4n) is 2.60. The summed E-state index contributed by atoms with van der Waals surface area (Å²) in [6, 6.07) is 6.85. The van der Waals surface area contributed by atoms with Gasteiger partial charge in [-0.25, -0.2) is 9.78 Å². The molecule has 0 atom stereocenters. The van der Waals surface area contributed by atoms with Gasteiger partial charge in [0.1, 0.15) is 5.75 Å². The number of imidazole rings is 1. The van der Waals surface area contributed by atoms with E-state index < -0.39 is 0 Å². The Labute approximate surface area is 167 Å². The summed E-state index contributed by atoms with van der Waals surface area (Å²) in [5, 5.41) is 5.58. The Morgan fingerprint density at radius 2 is 2.21 bits per heavy atom. The first-order valence-corrected chi connectivity index (χ1v) is 9.46. The van der Waals surface area contributed by atoms with E-state index in [9.17, 15) is 4.79 Å². The summed E-state index contributed by atoms with van der Waals surface area (Å²) in [5.41, 5.74) is 3.04. The number of aryl methyl sites for hydroxylation is 1. The van der Waals surface area contributed by atoms with Crippen LogP contribution in [-0.2, 0) is 0 Å². The van der Waals surface area contributed by atoms with Crippen molar-refractivity contribution in [2.24, 2.45) is 0 Å². The largest absolute Gasteiger partial charge is 0.497 e. The molecule has 144 valence electrons. The van der Waals surface area contributed by atoms with E-state index in [4.69, 9.17) is 4.74 Å². The van der Waals surface area contributed by atoms with Crippen LogP contribution in [0.3, 0.4) is 0 Å². The molecule has 7 heteroatoms. The van der Waals surface area contributed by atoms with Crippen LogP contribution in [0.4, 0.5) is 10.5 Å². The number of nitrogens with one attached hydrogen (secondary N) is 2. The zero-order chi connectivity index (χ0) is 20.1. The molecule has 2 heterocycles. The van der Waals surface area contributed by atoms with Crippen molar-refractivity contribution in [1.82, 2.24) is 14.7 Å². The van der Waals surface area contributed by atoms with E-state index in [1.165, 1.54) is 4.88 Å². The maximum Gasteiger partial charge on any atom is 0.319 e. The summed E-state index contributed by atoms with van der Waals surface area (Å²) in [5.74, 6) is 0.677. The number of urea groups is 1. The smallest absolute Gasteiger partial charge is 0.319 e. The molecule has 0 unspecified atom stereocenters. The number of methoxy groups -OCH3 is 1. The lowest BCUT2D eigenvalue weighted by Gasteiger charge is -2.09. The third kappa shape index (κ3) is 4.69.